The minimum absolute atomic E-state index is 0.108. The van der Waals surface area contributed by atoms with E-state index in [2.05, 4.69) is 10.3 Å². The van der Waals surface area contributed by atoms with Gasteiger partial charge in [-0.2, -0.15) is 0 Å². The van der Waals surface area contributed by atoms with E-state index in [9.17, 15) is 4.79 Å². The standard InChI is InChI=1S/C15H14Cl2N2O3/c16-11-7-13(17)14(19-8-11)9-22-12-3-1-2-10(6-12)15(21)18-4-5-20/h1-3,6-8,20H,4-5,9H2,(H,18,21). The molecule has 0 aliphatic heterocycles. The Morgan fingerprint density at radius 1 is 1.32 bits per heavy atom. The molecule has 0 bridgehead atoms. The Morgan fingerprint density at radius 3 is 2.86 bits per heavy atom. The molecular formula is C15H14Cl2N2O3. The van der Waals surface area contributed by atoms with Gasteiger partial charge in [-0.15, -0.1) is 0 Å². The van der Waals surface area contributed by atoms with Crippen LogP contribution in [-0.4, -0.2) is 29.1 Å². The number of pyridine rings is 1. The normalized spacial score (nSPS) is 10.3. The summed E-state index contributed by atoms with van der Waals surface area (Å²) in [6.45, 7) is 0.259. The first-order chi connectivity index (χ1) is 10.6. The number of carbonyl (C=O) groups excluding carboxylic acids is 1. The zero-order chi connectivity index (χ0) is 15.9. The number of aliphatic hydroxyl groups excluding tert-OH is 1. The second kappa shape index (κ2) is 7.98. The maximum absolute atomic E-state index is 11.8. The quantitative estimate of drug-likeness (QED) is 0.847. The number of benzene rings is 1. The molecular weight excluding hydrogens is 327 g/mol. The third-order valence-electron chi connectivity index (χ3n) is 2.75. The van der Waals surface area contributed by atoms with Gasteiger partial charge < -0.3 is 15.2 Å². The average Bonchev–Trinajstić information content (AvgIpc) is 2.52. The number of aromatic nitrogens is 1. The van der Waals surface area contributed by atoms with Crippen LogP contribution in [0.25, 0.3) is 0 Å². The zero-order valence-corrected chi connectivity index (χ0v) is 13.1. The smallest absolute Gasteiger partial charge is 0.251 e. The third-order valence-corrected chi connectivity index (χ3v) is 3.29. The molecule has 0 saturated carbocycles. The topological polar surface area (TPSA) is 71.5 Å². The Morgan fingerprint density at radius 2 is 2.14 bits per heavy atom. The third kappa shape index (κ3) is 4.59. The number of halogens is 2. The minimum atomic E-state index is -0.276. The van der Waals surface area contributed by atoms with E-state index in [4.69, 9.17) is 33.0 Å². The van der Waals surface area contributed by atoms with Crippen molar-refractivity contribution in [3.05, 3.63) is 57.8 Å². The summed E-state index contributed by atoms with van der Waals surface area (Å²) >= 11 is 11.8. The first kappa shape index (κ1) is 16.5. The van der Waals surface area contributed by atoms with Gasteiger partial charge in [0, 0.05) is 18.3 Å². The molecule has 1 aromatic carbocycles. The van der Waals surface area contributed by atoms with Gasteiger partial charge in [-0.1, -0.05) is 29.3 Å². The van der Waals surface area contributed by atoms with E-state index in [0.717, 1.165) is 0 Å². The van der Waals surface area contributed by atoms with Crippen molar-refractivity contribution < 1.29 is 14.6 Å². The number of carbonyl (C=O) groups is 1. The van der Waals surface area contributed by atoms with Crippen LogP contribution in [0.5, 0.6) is 5.75 Å². The van der Waals surface area contributed by atoms with E-state index in [1.165, 1.54) is 6.20 Å². The summed E-state index contributed by atoms with van der Waals surface area (Å²) in [6.07, 6.45) is 1.49. The number of nitrogens with zero attached hydrogens (tertiary/aromatic N) is 1. The molecule has 2 N–H and O–H groups in total. The molecule has 1 heterocycles. The van der Waals surface area contributed by atoms with E-state index in [-0.39, 0.29) is 25.7 Å². The van der Waals surface area contributed by atoms with Crippen molar-refractivity contribution in [1.82, 2.24) is 10.3 Å². The lowest BCUT2D eigenvalue weighted by atomic mass is 10.2. The first-order valence-corrected chi connectivity index (χ1v) is 7.27. The van der Waals surface area contributed by atoms with Crippen LogP contribution in [0.2, 0.25) is 10.0 Å². The summed E-state index contributed by atoms with van der Waals surface area (Å²) < 4.78 is 5.59. The summed E-state index contributed by atoms with van der Waals surface area (Å²) in [4.78, 5) is 15.9. The largest absolute Gasteiger partial charge is 0.487 e. The molecule has 0 saturated heterocycles. The van der Waals surface area contributed by atoms with Crippen molar-refractivity contribution in [3.8, 4) is 5.75 Å². The number of rotatable bonds is 6. The molecule has 116 valence electrons. The molecule has 0 atom stereocenters. The second-order valence-corrected chi connectivity index (χ2v) is 5.22. The fourth-order valence-electron chi connectivity index (χ4n) is 1.70. The van der Waals surface area contributed by atoms with E-state index in [0.29, 0.717) is 27.1 Å². The van der Waals surface area contributed by atoms with Crippen molar-refractivity contribution in [2.45, 2.75) is 6.61 Å². The molecule has 0 spiro atoms. The monoisotopic (exact) mass is 340 g/mol. The van der Waals surface area contributed by atoms with Crippen LogP contribution in [0.15, 0.2) is 36.5 Å². The van der Waals surface area contributed by atoms with Crippen LogP contribution in [0.1, 0.15) is 16.1 Å². The van der Waals surface area contributed by atoms with Crippen LogP contribution in [0, 0.1) is 0 Å². The first-order valence-electron chi connectivity index (χ1n) is 6.52. The van der Waals surface area contributed by atoms with Crippen LogP contribution in [-0.2, 0) is 6.61 Å². The lowest BCUT2D eigenvalue weighted by Gasteiger charge is -2.09. The number of nitrogens with one attached hydrogen (secondary N) is 1. The van der Waals surface area contributed by atoms with Gasteiger partial charge in [-0.05, 0) is 24.3 Å². The molecule has 1 amide bonds. The molecule has 0 aliphatic carbocycles. The van der Waals surface area contributed by atoms with Crippen LogP contribution < -0.4 is 10.1 Å². The van der Waals surface area contributed by atoms with E-state index < -0.39 is 0 Å². The van der Waals surface area contributed by atoms with Crippen molar-refractivity contribution in [2.24, 2.45) is 0 Å². The Hall–Kier alpha value is -1.82. The van der Waals surface area contributed by atoms with Crippen LogP contribution in [0.3, 0.4) is 0 Å². The highest BCUT2D eigenvalue weighted by molar-refractivity contribution is 6.34. The number of ether oxygens (including phenoxy) is 1. The summed E-state index contributed by atoms with van der Waals surface area (Å²) in [7, 11) is 0. The molecule has 1 aromatic heterocycles. The van der Waals surface area contributed by atoms with Gasteiger partial charge in [0.15, 0.2) is 0 Å². The average molecular weight is 341 g/mol. The van der Waals surface area contributed by atoms with Crippen LogP contribution >= 0.6 is 23.2 Å². The van der Waals surface area contributed by atoms with Gasteiger partial charge in [-0.25, -0.2) is 0 Å². The van der Waals surface area contributed by atoms with E-state index >= 15 is 0 Å². The maximum atomic E-state index is 11.8. The SMILES string of the molecule is O=C(NCCO)c1cccc(OCc2ncc(Cl)cc2Cl)c1. The van der Waals surface area contributed by atoms with Gasteiger partial charge in [0.25, 0.3) is 5.91 Å². The van der Waals surface area contributed by atoms with Gasteiger partial charge >= 0.3 is 0 Å². The van der Waals surface area contributed by atoms with Crippen LogP contribution in [0.4, 0.5) is 0 Å². The highest BCUT2D eigenvalue weighted by Gasteiger charge is 2.08. The predicted molar refractivity (Wildman–Crippen MR) is 84.5 cm³/mol. The van der Waals surface area contributed by atoms with Gasteiger partial charge in [-0.3, -0.25) is 9.78 Å². The summed E-state index contributed by atoms with van der Waals surface area (Å²) in [5, 5.41) is 12.2. The highest BCUT2D eigenvalue weighted by Crippen LogP contribution is 2.21. The van der Waals surface area contributed by atoms with E-state index in [1.54, 1.807) is 30.3 Å². The molecule has 0 unspecified atom stereocenters. The molecule has 2 rings (SSSR count). The Kier molecular flexibility index (Phi) is 6.00. The molecule has 0 aliphatic rings. The number of hydrogen-bond acceptors (Lipinski definition) is 4. The Labute approximate surface area is 137 Å². The predicted octanol–water partition coefficient (Wildman–Crippen LogP) is 2.69. The van der Waals surface area contributed by atoms with Crippen molar-refractivity contribution >= 4 is 29.1 Å². The zero-order valence-electron chi connectivity index (χ0n) is 11.6. The molecule has 0 fully saturated rings. The highest BCUT2D eigenvalue weighted by atomic mass is 35.5. The molecule has 22 heavy (non-hydrogen) atoms. The lowest BCUT2D eigenvalue weighted by Crippen LogP contribution is -2.26. The fourth-order valence-corrected chi connectivity index (χ4v) is 2.13. The Balaban J connectivity index is 2.02. The Bertz CT molecular complexity index is 665. The molecule has 5 nitrogen and oxygen atoms in total. The maximum Gasteiger partial charge on any atom is 0.251 e. The summed E-state index contributed by atoms with van der Waals surface area (Å²) in [5.74, 6) is 0.242. The summed E-state index contributed by atoms with van der Waals surface area (Å²) in [6, 6.07) is 8.30. The summed E-state index contributed by atoms with van der Waals surface area (Å²) in [5.41, 5.74) is 1.00. The number of hydrogen-bond donors (Lipinski definition) is 2. The van der Waals surface area contributed by atoms with Crippen molar-refractivity contribution in [3.63, 3.8) is 0 Å². The number of aliphatic hydroxyl groups is 1. The van der Waals surface area contributed by atoms with Gasteiger partial charge in [0.2, 0.25) is 0 Å². The second-order valence-electron chi connectivity index (χ2n) is 4.38. The van der Waals surface area contributed by atoms with Gasteiger partial charge in [0.1, 0.15) is 12.4 Å². The molecule has 2 aromatic rings. The molecule has 0 radical (unpaired) electrons. The van der Waals surface area contributed by atoms with E-state index in [1.807, 2.05) is 0 Å². The van der Waals surface area contributed by atoms with Gasteiger partial charge in [0.05, 0.1) is 22.3 Å². The number of amides is 1. The fraction of sp³-hybridized carbons (Fsp3) is 0.200. The molecule has 7 heteroatoms. The van der Waals surface area contributed by atoms with Crippen molar-refractivity contribution in [2.75, 3.05) is 13.2 Å². The van der Waals surface area contributed by atoms with Crippen molar-refractivity contribution in [1.29, 1.82) is 0 Å². The minimum Gasteiger partial charge on any atom is -0.487 e. The lowest BCUT2D eigenvalue weighted by molar-refractivity contribution is 0.0944.